The highest BCUT2D eigenvalue weighted by molar-refractivity contribution is 5.80. The van der Waals surface area contributed by atoms with Crippen molar-refractivity contribution in [2.24, 2.45) is 5.92 Å². The molecule has 1 aliphatic rings. The normalized spacial score (nSPS) is 22.3. The molecule has 0 atom stereocenters. The van der Waals surface area contributed by atoms with Gasteiger partial charge in [-0.05, 0) is 45.6 Å². The second-order valence-corrected chi connectivity index (χ2v) is 5.43. The molecule has 0 radical (unpaired) electrons. The first-order chi connectivity index (χ1) is 9.12. The number of carbonyl (C=O) groups excluding carboxylic acids is 1. The number of hydrogen-bond donors (Lipinski definition) is 0. The average Bonchev–Trinajstić information content (AvgIpc) is 2.66. The molecule has 4 heteroatoms. The van der Waals surface area contributed by atoms with Gasteiger partial charge in [0.15, 0.2) is 0 Å². The highest BCUT2D eigenvalue weighted by Gasteiger charge is 2.31. The maximum atomic E-state index is 12.1. The Morgan fingerprint density at radius 1 is 1.47 bits per heavy atom. The fourth-order valence-corrected chi connectivity index (χ4v) is 2.82. The number of ketones is 1. The van der Waals surface area contributed by atoms with Crippen LogP contribution in [0.5, 0.6) is 0 Å². The van der Waals surface area contributed by atoms with Gasteiger partial charge < -0.3 is 4.74 Å². The van der Waals surface area contributed by atoms with Gasteiger partial charge in [0.05, 0.1) is 11.8 Å². The van der Waals surface area contributed by atoms with E-state index in [0.29, 0.717) is 30.6 Å². The van der Waals surface area contributed by atoms with Gasteiger partial charge in [0.1, 0.15) is 5.78 Å². The summed E-state index contributed by atoms with van der Waals surface area (Å²) in [4.78, 5) is 12.1. The molecule has 1 fully saturated rings. The maximum Gasteiger partial charge on any atom is 0.139 e. The van der Waals surface area contributed by atoms with Gasteiger partial charge in [-0.25, -0.2) is 0 Å². The Morgan fingerprint density at radius 2 is 2.21 bits per heavy atom. The summed E-state index contributed by atoms with van der Waals surface area (Å²) in [6, 6.07) is 2.02. The van der Waals surface area contributed by atoms with Crippen molar-refractivity contribution in [2.45, 2.75) is 59.1 Å². The van der Waals surface area contributed by atoms with Gasteiger partial charge in [-0.15, -0.1) is 0 Å². The smallest absolute Gasteiger partial charge is 0.139 e. The minimum atomic E-state index is 0.328. The van der Waals surface area contributed by atoms with Crippen LogP contribution in [-0.2, 0) is 22.5 Å². The van der Waals surface area contributed by atoms with E-state index in [1.807, 2.05) is 24.6 Å². The SMILES string of the molecule is CCOC1CC(CC(=O)Cc2cc(C)nn2CC)C1. The van der Waals surface area contributed by atoms with Crippen LogP contribution < -0.4 is 0 Å². The van der Waals surface area contributed by atoms with Crippen molar-refractivity contribution in [3.05, 3.63) is 17.5 Å². The zero-order chi connectivity index (χ0) is 13.8. The molecule has 0 N–H and O–H groups in total. The van der Waals surface area contributed by atoms with E-state index < -0.39 is 0 Å². The summed E-state index contributed by atoms with van der Waals surface area (Å²) in [6.07, 6.45) is 3.70. The van der Waals surface area contributed by atoms with Crippen molar-refractivity contribution in [1.82, 2.24) is 9.78 Å². The lowest BCUT2D eigenvalue weighted by Crippen LogP contribution is -2.33. The van der Waals surface area contributed by atoms with E-state index in [9.17, 15) is 4.79 Å². The number of hydrogen-bond acceptors (Lipinski definition) is 3. The Bertz CT molecular complexity index is 433. The van der Waals surface area contributed by atoms with Gasteiger partial charge in [-0.3, -0.25) is 9.48 Å². The van der Waals surface area contributed by atoms with Crippen LogP contribution >= 0.6 is 0 Å². The number of ether oxygens (including phenoxy) is 1. The van der Waals surface area contributed by atoms with Crippen LogP contribution in [0.2, 0.25) is 0 Å². The van der Waals surface area contributed by atoms with E-state index in [0.717, 1.165) is 37.4 Å². The Hall–Kier alpha value is -1.16. The third-order valence-electron chi connectivity index (χ3n) is 3.77. The third kappa shape index (κ3) is 3.66. The molecule has 0 aromatic carbocycles. The molecule has 19 heavy (non-hydrogen) atoms. The lowest BCUT2D eigenvalue weighted by molar-refractivity contribution is -0.121. The third-order valence-corrected chi connectivity index (χ3v) is 3.77. The quantitative estimate of drug-likeness (QED) is 0.760. The summed E-state index contributed by atoms with van der Waals surface area (Å²) >= 11 is 0. The molecule has 1 heterocycles. The second-order valence-electron chi connectivity index (χ2n) is 5.43. The van der Waals surface area contributed by atoms with Crippen LogP contribution in [0.4, 0.5) is 0 Å². The highest BCUT2D eigenvalue weighted by Crippen LogP contribution is 2.33. The zero-order valence-corrected chi connectivity index (χ0v) is 12.2. The van der Waals surface area contributed by atoms with Gasteiger partial charge in [-0.1, -0.05) is 0 Å². The summed E-state index contributed by atoms with van der Waals surface area (Å²) in [6.45, 7) is 7.65. The predicted molar refractivity (Wildman–Crippen MR) is 74.1 cm³/mol. The van der Waals surface area contributed by atoms with Gasteiger partial charge in [0.2, 0.25) is 0 Å². The molecule has 106 valence electrons. The fourth-order valence-electron chi connectivity index (χ4n) is 2.82. The van der Waals surface area contributed by atoms with Gasteiger partial charge in [0, 0.05) is 31.7 Å². The Balaban J connectivity index is 1.79. The van der Waals surface area contributed by atoms with Crippen molar-refractivity contribution in [1.29, 1.82) is 0 Å². The summed E-state index contributed by atoms with van der Waals surface area (Å²) in [5.74, 6) is 0.859. The fraction of sp³-hybridized carbons (Fsp3) is 0.733. The summed E-state index contributed by atoms with van der Waals surface area (Å²) in [7, 11) is 0. The average molecular weight is 264 g/mol. The van der Waals surface area contributed by atoms with E-state index in [-0.39, 0.29) is 0 Å². The molecule has 0 unspecified atom stereocenters. The first-order valence-electron chi connectivity index (χ1n) is 7.29. The van der Waals surface area contributed by atoms with E-state index in [2.05, 4.69) is 12.0 Å². The summed E-state index contributed by atoms with van der Waals surface area (Å²) < 4.78 is 7.45. The van der Waals surface area contributed by atoms with Gasteiger partial charge in [-0.2, -0.15) is 5.10 Å². The molecule has 0 saturated heterocycles. The molecular weight excluding hydrogens is 240 g/mol. The van der Waals surface area contributed by atoms with Crippen LogP contribution in [0.15, 0.2) is 6.07 Å². The number of aryl methyl sites for hydroxylation is 2. The van der Waals surface area contributed by atoms with Crippen LogP contribution in [0.25, 0.3) is 0 Å². The molecule has 4 nitrogen and oxygen atoms in total. The topological polar surface area (TPSA) is 44.1 Å². The number of Topliss-reactive ketones (excluding diaryl/α,β-unsaturated/α-hetero) is 1. The zero-order valence-electron chi connectivity index (χ0n) is 12.2. The lowest BCUT2D eigenvalue weighted by atomic mass is 9.78. The first-order valence-corrected chi connectivity index (χ1v) is 7.29. The van der Waals surface area contributed by atoms with E-state index in [1.54, 1.807) is 0 Å². The largest absolute Gasteiger partial charge is 0.378 e. The van der Waals surface area contributed by atoms with Crippen LogP contribution in [0.3, 0.4) is 0 Å². The van der Waals surface area contributed by atoms with Gasteiger partial charge in [0.25, 0.3) is 0 Å². The summed E-state index contributed by atoms with van der Waals surface area (Å²) in [5, 5.41) is 4.38. The molecule has 1 aromatic heterocycles. The molecule has 0 bridgehead atoms. The maximum absolute atomic E-state index is 12.1. The first kappa shape index (κ1) is 14.3. The Labute approximate surface area is 115 Å². The van der Waals surface area contributed by atoms with Crippen molar-refractivity contribution < 1.29 is 9.53 Å². The van der Waals surface area contributed by atoms with E-state index >= 15 is 0 Å². The van der Waals surface area contributed by atoms with Gasteiger partial charge >= 0.3 is 0 Å². The molecule has 2 rings (SSSR count). The predicted octanol–water partition coefficient (Wildman–Crippen LogP) is 2.53. The van der Waals surface area contributed by atoms with Crippen molar-refractivity contribution >= 4 is 5.78 Å². The number of aromatic nitrogens is 2. The highest BCUT2D eigenvalue weighted by atomic mass is 16.5. The van der Waals surface area contributed by atoms with Crippen LogP contribution in [0.1, 0.15) is 44.5 Å². The molecule has 1 saturated carbocycles. The Morgan fingerprint density at radius 3 is 2.84 bits per heavy atom. The molecule has 0 amide bonds. The number of nitrogens with zero attached hydrogens (tertiary/aromatic N) is 2. The van der Waals surface area contributed by atoms with Crippen LogP contribution in [0, 0.1) is 12.8 Å². The minimum absolute atomic E-state index is 0.328. The second kappa shape index (κ2) is 6.33. The number of rotatable bonds is 7. The van der Waals surface area contributed by atoms with Crippen LogP contribution in [-0.4, -0.2) is 28.3 Å². The van der Waals surface area contributed by atoms with Crippen molar-refractivity contribution in [2.75, 3.05) is 6.61 Å². The molecule has 0 spiro atoms. The van der Waals surface area contributed by atoms with E-state index in [4.69, 9.17) is 4.74 Å². The minimum Gasteiger partial charge on any atom is -0.378 e. The molecule has 1 aromatic rings. The van der Waals surface area contributed by atoms with E-state index in [1.165, 1.54) is 0 Å². The molecule has 1 aliphatic carbocycles. The number of carbonyl (C=O) groups is 1. The standard InChI is InChI=1S/C15H24N2O2/c1-4-17-13(6-11(3)16-17)10-14(18)7-12-8-15(9-12)19-5-2/h6,12,15H,4-5,7-10H2,1-3H3. The molecule has 0 aliphatic heterocycles. The van der Waals surface area contributed by atoms with Crippen molar-refractivity contribution in [3.8, 4) is 0 Å². The lowest BCUT2D eigenvalue weighted by Gasteiger charge is -2.34. The Kier molecular flexibility index (Phi) is 4.75. The van der Waals surface area contributed by atoms with Crippen molar-refractivity contribution in [3.63, 3.8) is 0 Å². The summed E-state index contributed by atoms with van der Waals surface area (Å²) in [5.41, 5.74) is 2.04. The monoisotopic (exact) mass is 264 g/mol. The molecular formula is C15H24N2O2.